The summed E-state index contributed by atoms with van der Waals surface area (Å²) in [5, 5.41) is 17.7. The quantitative estimate of drug-likeness (QED) is 0.781. The lowest BCUT2D eigenvalue weighted by Gasteiger charge is -2.05. The van der Waals surface area contributed by atoms with Gasteiger partial charge in [0.1, 0.15) is 10.6 Å². The minimum Gasteiger partial charge on any atom is -0.477 e. The predicted octanol–water partition coefficient (Wildman–Crippen LogP) is 1.03. The van der Waals surface area contributed by atoms with Crippen molar-refractivity contribution in [2.75, 3.05) is 6.54 Å². The van der Waals surface area contributed by atoms with Gasteiger partial charge in [0, 0.05) is 19.3 Å². The molecule has 0 aromatic carbocycles. The van der Waals surface area contributed by atoms with Crippen LogP contribution in [0.15, 0.2) is 17.2 Å². The Bertz CT molecular complexity index is 628. The molecule has 0 amide bonds. The molecular weight excluding hydrogens is 282 g/mol. The number of aromatic carboxylic acids is 1. The Balaban J connectivity index is 3.04. The Kier molecular flexibility index (Phi) is 5.30. The molecule has 0 aliphatic rings. The number of hydrogen-bond acceptors (Lipinski definition) is 4. The molecule has 0 saturated carbocycles. The molecule has 0 saturated heterocycles. The van der Waals surface area contributed by atoms with Gasteiger partial charge in [0.15, 0.2) is 0 Å². The Labute approximate surface area is 117 Å². The molecule has 0 aliphatic heterocycles. The lowest BCUT2D eigenvalue weighted by atomic mass is 10.2. The van der Waals surface area contributed by atoms with Crippen molar-refractivity contribution in [3.8, 4) is 6.07 Å². The fourth-order valence-electron chi connectivity index (χ4n) is 1.60. The largest absolute Gasteiger partial charge is 0.477 e. The van der Waals surface area contributed by atoms with Crippen LogP contribution >= 0.6 is 0 Å². The van der Waals surface area contributed by atoms with E-state index in [0.29, 0.717) is 13.0 Å². The summed E-state index contributed by atoms with van der Waals surface area (Å²) in [4.78, 5) is 11.0. The van der Waals surface area contributed by atoms with E-state index < -0.39 is 21.9 Å². The van der Waals surface area contributed by atoms with Gasteiger partial charge < -0.3 is 9.67 Å². The number of aryl methyl sites for hydroxylation is 1. The van der Waals surface area contributed by atoms with E-state index in [1.165, 1.54) is 10.8 Å². The van der Waals surface area contributed by atoms with Crippen LogP contribution in [0.4, 0.5) is 0 Å². The first-order chi connectivity index (χ1) is 9.31. The number of carbonyl (C=O) groups is 1. The van der Waals surface area contributed by atoms with Gasteiger partial charge in [-0.1, -0.05) is 6.92 Å². The lowest BCUT2D eigenvalue weighted by Crippen LogP contribution is -2.27. The maximum Gasteiger partial charge on any atom is 0.352 e. The SMILES string of the molecule is CCCn1cc(S(=O)(=O)NCC(C)C#N)cc1C(=O)O. The molecular formula is C12H17N3O4S. The molecule has 0 spiro atoms. The van der Waals surface area contributed by atoms with Crippen molar-refractivity contribution in [1.29, 1.82) is 5.26 Å². The molecule has 8 heteroatoms. The number of carboxylic acids is 1. The summed E-state index contributed by atoms with van der Waals surface area (Å²) in [6, 6.07) is 3.04. The fourth-order valence-corrected chi connectivity index (χ4v) is 2.77. The number of carboxylic acid groups (broad SMARTS) is 1. The van der Waals surface area contributed by atoms with Crippen LogP contribution in [0.1, 0.15) is 30.8 Å². The molecule has 2 N–H and O–H groups in total. The van der Waals surface area contributed by atoms with Crippen LogP contribution in [-0.2, 0) is 16.6 Å². The van der Waals surface area contributed by atoms with E-state index in [1.807, 2.05) is 13.0 Å². The molecule has 1 aromatic rings. The van der Waals surface area contributed by atoms with E-state index in [2.05, 4.69) is 4.72 Å². The number of sulfonamides is 1. The van der Waals surface area contributed by atoms with Crippen molar-refractivity contribution in [3.63, 3.8) is 0 Å². The smallest absolute Gasteiger partial charge is 0.352 e. The number of hydrogen-bond donors (Lipinski definition) is 2. The van der Waals surface area contributed by atoms with Crippen LogP contribution in [0.25, 0.3) is 0 Å². The maximum atomic E-state index is 12.0. The zero-order valence-corrected chi connectivity index (χ0v) is 12.1. The summed E-state index contributed by atoms with van der Waals surface area (Å²) < 4.78 is 27.7. The van der Waals surface area contributed by atoms with Crippen molar-refractivity contribution in [2.24, 2.45) is 5.92 Å². The van der Waals surface area contributed by atoms with Crippen LogP contribution in [0, 0.1) is 17.2 Å². The summed E-state index contributed by atoms with van der Waals surface area (Å²) in [5.74, 6) is -1.63. The number of nitrogens with zero attached hydrogens (tertiary/aromatic N) is 2. The third-order valence-electron chi connectivity index (χ3n) is 2.67. The highest BCUT2D eigenvalue weighted by Gasteiger charge is 2.21. The molecule has 1 aromatic heterocycles. The third-order valence-corrected chi connectivity index (χ3v) is 4.06. The predicted molar refractivity (Wildman–Crippen MR) is 71.6 cm³/mol. The normalized spacial score (nSPS) is 12.8. The summed E-state index contributed by atoms with van der Waals surface area (Å²) in [6.07, 6.45) is 1.99. The van der Waals surface area contributed by atoms with Gasteiger partial charge in [-0.05, 0) is 19.4 Å². The van der Waals surface area contributed by atoms with Crippen molar-refractivity contribution in [3.05, 3.63) is 18.0 Å². The average molecular weight is 299 g/mol. The van der Waals surface area contributed by atoms with Crippen molar-refractivity contribution >= 4 is 16.0 Å². The van der Waals surface area contributed by atoms with Gasteiger partial charge in [0.2, 0.25) is 10.0 Å². The standard InChI is InChI=1S/C12H17N3O4S/c1-3-4-15-8-10(5-11(15)12(16)17)20(18,19)14-7-9(2)6-13/h5,8-9,14H,3-4,7H2,1-2H3,(H,16,17). The van der Waals surface area contributed by atoms with Gasteiger partial charge in [-0.3, -0.25) is 0 Å². The van der Waals surface area contributed by atoms with Crippen LogP contribution in [-0.4, -0.2) is 30.6 Å². The average Bonchev–Trinajstić information content (AvgIpc) is 2.81. The Morgan fingerprint density at radius 1 is 1.60 bits per heavy atom. The van der Waals surface area contributed by atoms with E-state index in [1.54, 1.807) is 6.92 Å². The van der Waals surface area contributed by atoms with Crippen LogP contribution < -0.4 is 4.72 Å². The van der Waals surface area contributed by atoms with Crippen molar-refractivity contribution in [1.82, 2.24) is 9.29 Å². The van der Waals surface area contributed by atoms with Crippen molar-refractivity contribution in [2.45, 2.75) is 31.7 Å². The molecule has 110 valence electrons. The van der Waals surface area contributed by atoms with Gasteiger partial charge >= 0.3 is 5.97 Å². The molecule has 1 heterocycles. The minimum atomic E-state index is -3.80. The number of nitriles is 1. The van der Waals surface area contributed by atoms with Gasteiger partial charge in [0.25, 0.3) is 0 Å². The van der Waals surface area contributed by atoms with Crippen LogP contribution in [0.2, 0.25) is 0 Å². The van der Waals surface area contributed by atoms with Gasteiger partial charge in [-0.15, -0.1) is 0 Å². The first-order valence-electron chi connectivity index (χ1n) is 6.14. The minimum absolute atomic E-state index is 0.0137. The maximum absolute atomic E-state index is 12.0. The monoisotopic (exact) mass is 299 g/mol. The van der Waals surface area contributed by atoms with Crippen molar-refractivity contribution < 1.29 is 18.3 Å². The first-order valence-corrected chi connectivity index (χ1v) is 7.63. The molecule has 1 rings (SSSR count). The van der Waals surface area contributed by atoms with Gasteiger partial charge in [0.05, 0.1) is 12.0 Å². The second-order valence-corrected chi connectivity index (χ2v) is 6.21. The lowest BCUT2D eigenvalue weighted by molar-refractivity contribution is 0.0685. The van der Waals surface area contributed by atoms with Crippen LogP contribution in [0.3, 0.4) is 0 Å². The highest BCUT2D eigenvalue weighted by Crippen LogP contribution is 2.15. The number of rotatable bonds is 7. The first kappa shape index (κ1) is 16.2. The number of nitrogens with one attached hydrogen (secondary N) is 1. The molecule has 0 bridgehead atoms. The topological polar surface area (TPSA) is 112 Å². The van der Waals surface area contributed by atoms with E-state index in [9.17, 15) is 13.2 Å². The van der Waals surface area contributed by atoms with E-state index in [0.717, 1.165) is 6.07 Å². The zero-order chi connectivity index (χ0) is 15.3. The molecule has 7 nitrogen and oxygen atoms in total. The highest BCUT2D eigenvalue weighted by atomic mass is 32.2. The molecule has 1 atom stereocenters. The summed E-state index contributed by atoms with van der Waals surface area (Å²) >= 11 is 0. The second-order valence-electron chi connectivity index (χ2n) is 4.44. The van der Waals surface area contributed by atoms with E-state index in [4.69, 9.17) is 10.4 Å². The van der Waals surface area contributed by atoms with Crippen LogP contribution in [0.5, 0.6) is 0 Å². The highest BCUT2D eigenvalue weighted by molar-refractivity contribution is 7.89. The zero-order valence-electron chi connectivity index (χ0n) is 11.3. The molecule has 0 radical (unpaired) electrons. The third kappa shape index (κ3) is 3.82. The Morgan fingerprint density at radius 2 is 2.25 bits per heavy atom. The summed E-state index contributed by atoms with van der Waals surface area (Å²) in [6.45, 7) is 3.87. The fraction of sp³-hybridized carbons (Fsp3) is 0.500. The second kappa shape index (κ2) is 6.54. The van der Waals surface area contributed by atoms with E-state index in [-0.39, 0.29) is 17.1 Å². The number of aromatic nitrogens is 1. The molecule has 0 fully saturated rings. The Morgan fingerprint density at radius 3 is 2.75 bits per heavy atom. The molecule has 20 heavy (non-hydrogen) atoms. The molecule has 0 aliphatic carbocycles. The summed E-state index contributed by atoms with van der Waals surface area (Å²) in [7, 11) is -3.80. The Hall–Kier alpha value is -1.85. The molecule has 1 unspecified atom stereocenters. The summed E-state index contributed by atoms with van der Waals surface area (Å²) in [5.41, 5.74) is -0.0689. The van der Waals surface area contributed by atoms with Gasteiger partial charge in [-0.25, -0.2) is 17.9 Å². The van der Waals surface area contributed by atoms with Gasteiger partial charge in [-0.2, -0.15) is 5.26 Å². The van der Waals surface area contributed by atoms with E-state index >= 15 is 0 Å².